The Labute approximate surface area is 82.2 Å². The Morgan fingerprint density at radius 2 is 2.43 bits per heavy atom. The van der Waals surface area contributed by atoms with Crippen LogP contribution in [-0.2, 0) is 0 Å². The van der Waals surface area contributed by atoms with E-state index in [-0.39, 0.29) is 12.6 Å². The summed E-state index contributed by atoms with van der Waals surface area (Å²) >= 11 is 0. The maximum atomic E-state index is 11.1. The fraction of sp³-hybridized carbons (Fsp3) is 0.333. The Bertz CT molecular complexity index is 287. The van der Waals surface area contributed by atoms with Gasteiger partial charge in [-0.05, 0) is 19.1 Å². The van der Waals surface area contributed by atoms with Crippen LogP contribution >= 0.6 is 0 Å². The molecule has 0 aliphatic rings. The van der Waals surface area contributed by atoms with Crippen molar-refractivity contribution in [2.75, 3.05) is 11.9 Å². The summed E-state index contributed by atoms with van der Waals surface area (Å²) in [6, 6.07) is 4.85. The van der Waals surface area contributed by atoms with Crippen molar-refractivity contribution in [2.45, 2.75) is 13.0 Å². The molecule has 2 amide bonds. The van der Waals surface area contributed by atoms with Gasteiger partial charge in [0.15, 0.2) is 0 Å². The van der Waals surface area contributed by atoms with Crippen molar-refractivity contribution in [1.82, 2.24) is 10.3 Å². The molecular weight excluding hydrogens is 182 g/mol. The molecule has 1 aromatic rings. The van der Waals surface area contributed by atoms with E-state index in [2.05, 4.69) is 15.6 Å². The summed E-state index contributed by atoms with van der Waals surface area (Å²) in [4.78, 5) is 15.1. The molecule has 0 aromatic carbocycles. The van der Waals surface area contributed by atoms with Gasteiger partial charge in [0.1, 0.15) is 5.82 Å². The first-order valence-electron chi connectivity index (χ1n) is 4.32. The number of carbonyl (C=O) groups excluding carboxylic acids is 1. The monoisotopic (exact) mass is 195 g/mol. The van der Waals surface area contributed by atoms with Crippen LogP contribution in [0.4, 0.5) is 10.6 Å². The van der Waals surface area contributed by atoms with Crippen molar-refractivity contribution in [3.63, 3.8) is 0 Å². The van der Waals surface area contributed by atoms with Crippen LogP contribution in [0.2, 0.25) is 0 Å². The fourth-order valence-corrected chi connectivity index (χ4v) is 0.838. The number of pyridine rings is 1. The molecular formula is C9H13N3O2. The van der Waals surface area contributed by atoms with E-state index in [0.29, 0.717) is 5.82 Å². The van der Waals surface area contributed by atoms with Crippen molar-refractivity contribution < 1.29 is 9.90 Å². The number of aliphatic hydroxyl groups is 1. The van der Waals surface area contributed by atoms with Crippen LogP contribution in [0, 0.1) is 0 Å². The highest BCUT2D eigenvalue weighted by molar-refractivity contribution is 5.88. The second-order valence-electron chi connectivity index (χ2n) is 2.90. The maximum Gasteiger partial charge on any atom is 0.320 e. The van der Waals surface area contributed by atoms with Crippen LogP contribution in [0.25, 0.3) is 0 Å². The summed E-state index contributed by atoms with van der Waals surface area (Å²) < 4.78 is 0. The maximum absolute atomic E-state index is 11.1. The number of carbonyl (C=O) groups is 1. The molecule has 76 valence electrons. The van der Waals surface area contributed by atoms with Crippen molar-refractivity contribution in [3.05, 3.63) is 24.4 Å². The lowest BCUT2D eigenvalue weighted by Crippen LogP contribution is -2.34. The van der Waals surface area contributed by atoms with E-state index < -0.39 is 6.10 Å². The highest BCUT2D eigenvalue weighted by atomic mass is 16.3. The van der Waals surface area contributed by atoms with E-state index in [1.54, 1.807) is 31.3 Å². The van der Waals surface area contributed by atoms with Crippen molar-refractivity contribution in [3.8, 4) is 0 Å². The number of anilines is 1. The first-order chi connectivity index (χ1) is 6.68. The molecule has 0 saturated heterocycles. The van der Waals surface area contributed by atoms with E-state index in [9.17, 15) is 4.79 Å². The third kappa shape index (κ3) is 3.86. The molecule has 1 aromatic heterocycles. The van der Waals surface area contributed by atoms with Gasteiger partial charge in [0.25, 0.3) is 0 Å². The zero-order valence-electron chi connectivity index (χ0n) is 7.90. The molecule has 0 saturated carbocycles. The zero-order chi connectivity index (χ0) is 10.4. The quantitative estimate of drug-likeness (QED) is 0.660. The van der Waals surface area contributed by atoms with Crippen LogP contribution in [0.1, 0.15) is 6.92 Å². The van der Waals surface area contributed by atoms with Crippen LogP contribution in [-0.4, -0.2) is 28.8 Å². The molecule has 14 heavy (non-hydrogen) atoms. The van der Waals surface area contributed by atoms with Gasteiger partial charge in [-0.3, -0.25) is 5.32 Å². The summed E-state index contributed by atoms with van der Waals surface area (Å²) in [6.45, 7) is 1.82. The lowest BCUT2D eigenvalue weighted by molar-refractivity contribution is 0.190. The van der Waals surface area contributed by atoms with E-state index in [1.165, 1.54) is 0 Å². The van der Waals surface area contributed by atoms with Gasteiger partial charge in [0, 0.05) is 12.7 Å². The first kappa shape index (κ1) is 10.5. The third-order valence-corrected chi connectivity index (χ3v) is 1.46. The van der Waals surface area contributed by atoms with Gasteiger partial charge in [-0.25, -0.2) is 9.78 Å². The average Bonchev–Trinajstić information content (AvgIpc) is 2.16. The molecule has 1 rings (SSSR count). The van der Waals surface area contributed by atoms with Gasteiger partial charge in [-0.2, -0.15) is 0 Å². The SMILES string of the molecule is CC(O)CNC(=O)Nc1ccccn1. The van der Waals surface area contributed by atoms with Crippen LogP contribution in [0.3, 0.4) is 0 Å². The number of aliphatic hydroxyl groups excluding tert-OH is 1. The highest BCUT2D eigenvalue weighted by Crippen LogP contribution is 1.98. The topological polar surface area (TPSA) is 74.2 Å². The Balaban J connectivity index is 2.35. The number of hydrogen-bond donors (Lipinski definition) is 3. The number of aromatic nitrogens is 1. The lowest BCUT2D eigenvalue weighted by Gasteiger charge is -2.07. The van der Waals surface area contributed by atoms with Crippen LogP contribution < -0.4 is 10.6 Å². The predicted octanol–water partition coefficient (Wildman–Crippen LogP) is 0.584. The molecule has 0 radical (unpaired) electrons. The summed E-state index contributed by atoms with van der Waals surface area (Å²) in [5, 5.41) is 13.9. The van der Waals surface area contributed by atoms with Crippen LogP contribution in [0.5, 0.6) is 0 Å². The molecule has 1 atom stereocenters. The van der Waals surface area contributed by atoms with E-state index in [1.807, 2.05) is 0 Å². The van der Waals surface area contributed by atoms with E-state index in [4.69, 9.17) is 5.11 Å². The second-order valence-corrected chi connectivity index (χ2v) is 2.90. The zero-order valence-corrected chi connectivity index (χ0v) is 7.90. The Morgan fingerprint density at radius 3 is 3.00 bits per heavy atom. The minimum Gasteiger partial charge on any atom is -0.392 e. The molecule has 0 bridgehead atoms. The molecule has 0 aliphatic heterocycles. The summed E-state index contributed by atoms with van der Waals surface area (Å²) in [5.74, 6) is 0.482. The Kier molecular flexibility index (Phi) is 3.87. The van der Waals surface area contributed by atoms with Gasteiger partial charge in [-0.15, -0.1) is 0 Å². The van der Waals surface area contributed by atoms with Crippen molar-refractivity contribution in [2.24, 2.45) is 0 Å². The number of rotatable bonds is 3. The molecule has 3 N–H and O–H groups in total. The van der Waals surface area contributed by atoms with Crippen LogP contribution in [0.15, 0.2) is 24.4 Å². The number of hydrogen-bond acceptors (Lipinski definition) is 3. The standard InChI is InChI=1S/C9H13N3O2/c1-7(13)6-11-9(14)12-8-4-2-3-5-10-8/h2-5,7,13H,6H2,1H3,(H2,10,11,12,14). The fourth-order valence-electron chi connectivity index (χ4n) is 0.838. The lowest BCUT2D eigenvalue weighted by atomic mass is 10.4. The van der Waals surface area contributed by atoms with Gasteiger partial charge in [-0.1, -0.05) is 6.07 Å². The second kappa shape index (κ2) is 5.18. The molecule has 1 heterocycles. The molecule has 0 spiro atoms. The molecule has 5 nitrogen and oxygen atoms in total. The van der Waals surface area contributed by atoms with Gasteiger partial charge in [0.05, 0.1) is 6.10 Å². The third-order valence-electron chi connectivity index (χ3n) is 1.46. The van der Waals surface area contributed by atoms with Gasteiger partial charge >= 0.3 is 6.03 Å². The smallest absolute Gasteiger partial charge is 0.320 e. The molecule has 0 fully saturated rings. The minimum absolute atomic E-state index is 0.221. The first-order valence-corrected chi connectivity index (χ1v) is 4.32. The number of nitrogens with zero attached hydrogens (tertiary/aromatic N) is 1. The summed E-state index contributed by atoms with van der Waals surface area (Å²) in [5.41, 5.74) is 0. The average molecular weight is 195 g/mol. The minimum atomic E-state index is -0.551. The van der Waals surface area contributed by atoms with E-state index in [0.717, 1.165) is 0 Å². The number of amides is 2. The summed E-state index contributed by atoms with van der Waals surface area (Å²) in [7, 11) is 0. The molecule has 5 heteroatoms. The van der Waals surface area contributed by atoms with E-state index >= 15 is 0 Å². The van der Waals surface area contributed by atoms with Gasteiger partial charge < -0.3 is 10.4 Å². The molecule has 1 unspecified atom stereocenters. The normalized spacial score (nSPS) is 11.9. The number of urea groups is 1. The highest BCUT2D eigenvalue weighted by Gasteiger charge is 2.02. The largest absolute Gasteiger partial charge is 0.392 e. The predicted molar refractivity (Wildman–Crippen MR) is 52.9 cm³/mol. The Morgan fingerprint density at radius 1 is 1.64 bits per heavy atom. The summed E-state index contributed by atoms with van der Waals surface area (Å²) in [6.07, 6.45) is 1.04. The van der Waals surface area contributed by atoms with Crippen molar-refractivity contribution in [1.29, 1.82) is 0 Å². The van der Waals surface area contributed by atoms with Crippen molar-refractivity contribution >= 4 is 11.8 Å². The number of nitrogens with one attached hydrogen (secondary N) is 2. The Hall–Kier alpha value is -1.62. The molecule has 0 aliphatic carbocycles. The van der Waals surface area contributed by atoms with Gasteiger partial charge in [0.2, 0.25) is 0 Å².